The summed E-state index contributed by atoms with van der Waals surface area (Å²) in [6, 6.07) is 24.1. The number of amides is 2. The van der Waals surface area contributed by atoms with Crippen molar-refractivity contribution in [1.29, 1.82) is 0 Å². The van der Waals surface area contributed by atoms with E-state index in [1.54, 1.807) is 0 Å². The van der Waals surface area contributed by atoms with Crippen LogP contribution in [0.2, 0.25) is 5.02 Å². The molecule has 39 heavy (non-hydrogen) atoms. The van der Waals surface area contributed by atoms with Gasteiger partial charge in [-0.05, 0) is 51.9 Å². The van der Waals surface area contributed by atoms with Crippen molar-refractivity contribution >= 4 is 51.2 Å². The van der Waals surface area contributed by atoms with E-state index in [0.717, 1.165) is 22.5 Å². The monoisotopic (exact) mass is 563 g/mol. The predicted octanol–water partition coefficient (Wildman–Crippen LogP) is 3.83. The second-order valence-corrected chi connectivity index (χ2v) is 11.0. The Morgan fingerprint density at radius 1 is 0.923 bits per heavy atom. The number of carbonyl (C=O) groups is 2. The van der Waals surface area contributed by atoms with Gasteiger partial charge in [-0.1, -0.05) is 66.2 Å². The van der Waals surface area contributed by atoms with Gasteiger partial charge in [0.15, 0.2) is 12.2 Å². The Hall–Kier alpha value is -3.43. The minimum Gasteiger partial charge on any atom is -0.380 e. The molecular weight excluding hydrogens is 534 g/mol. The summed E-state index contributed by atoms with van der Waals surface area (Å²) in [7, 11) is 0. The molecule has 1 aliphatic heterocycles. The van der Waals surface area contributed by atoms with Gasteiger partial charge in [-0.25, -0.2) is 0 Å². The Morgan fingerprint density at radius 3 is 2.44 bits per heavy atom. The average molecular weight is 564 g/mol. The van der Waals surface area contributed by atoms with Crippen LogP contribution in [0.4, 0.5) is 5.69 Å². The first-order chi connectivity index (χ1) is 18.9. The van der Waals surface area contributed by atoms with Gasteiger partial charge in [0.1, 0.15) is 0 Å². The van der Waals surface area contributed by atoms with Gasteiger partial charge in [-0.15, -0.1) is 11.3 Å². The number of rotatable bonds is 8. The van der Waals surface area contributed by atoms with Crippen LogP contribution in [0.25, 0.3) is 10.8 Å². The van der Waals surface area contributed by atoms with Crippen molar-refractivity contribution in [3.63, 3.8) is 0 Å². The highest BCUT2D eigenvalue weighted by Gasteiger charge is 2.34. The van der Waals surface area contributed by atoms with Crippen molar-refractivity contribution in [3.05, 3.63) is 99.2 Å². The maximum Gasteiger partial charge on any atom is 0.254 e. The van der Waals surface area contributed by atoms with Crippen LogP contribution in [0.1, 0.15) is 16.0 Å². The van der Waals surface area contributed by atoms with Crippen LogP contribution in [0.15, 0.2) is 78.2 Å². The maximum absolute atomic E-state index is 12.8. The highest BCUT2D eigenvalue weighted by Crippen LogP contribution is 2.26. The molecule has 4 aromatic rings. The van der Waals surface area contributed by atoms with Gasteiger partial charge in [-0.3, -0.25) is 9.59 Å². The van der Waals surface area contributed by atoms with E-state index < -0.39 is 24.0 Å². The van der Waals surface area contributed by atoms with Gasteiger partial charge in [0.25, 0.3) is 11.8 Å². The summed E-state index contributed by atoms with van der Waals surface area (Å²) in [6.07, 6.45) is -2.91. The molecule has 7 nitrogen and oxygen atoms in total. The minimum absolute atomic E-state index is 0.202. The fourth-order valence-electron chi connectivity index (χ4n) is 4.90. The third-order valence-electron chi connectivity index (χ3n) is 7.02. The zero-order valence-electron chi connectivity index (χ0n) is 21.3. The summed E-state index contributed by atoms with van der Waals surface area (Å²) in [4.78, 5) is 29.8. The van der Waals surface area contributed by atoms with Gasteiger partial charge < -0.3 is 25.3 Å². The van der Waals surface area contributed by atoms with Crippen molar-refractivity contribution in [3.8, 4) is 0 Å². The van der Waals surface area contributed by atoms with E-state index in [4.69, 9.17) is 11.6 Å². The molecule has 0 radical (unpaired) electrons. The summed E-state index contributed by atoms with van der Waals surface area (Å²) >= 11 is 7.79. The molecule has 9 heteroatoms. The number of anilines is 1. The smallest absolute Gasteiger partial charge is 0.254 e. The second-order valence-electron chi connectivity index (χ2n) is 9.61. The number of aliphatic hydroxyl groups is 2. The predicted molar refractivity (Wildman–Crippen MR) is 155 cm³/mol. The number of hydrogen-bond acceptors (Lipinski definition) is 6. The number of halogens is 1. The zero-order valence-corrected chi connectivity index (χ0v) is 22.9. The lowest BCUT2D eigenvalue weighted by Gasteiger charge is -2.37. The van der Waals surface area contributed by atoms with E-state index in [-0.39, 0.29) is 6.54 Å². The van der Waals surface area contributed by atoms with Gasteiger partial charge in [0.2, 0.25) is 0 Å². The molecule has 5 rings (SSSR count). The summed E-state index contributed by atoms with van der Waals surface area (Å²) in [6.45, 7) is 1.97. The number of aliphatic hydroxyl groups excluding tert-OH is 2. The van der Waals surface area contributed by atoms with Crippen LogP contribution in [0, 0.1) is 0 Å². The normalized spacial score (nSPS) is 15.3. The molecule has 0 unspecified atom stereocenters. The van der Waals surface area contributed by atoms with Crippen LogP contribution in [-0.2, 0) is 22.6 Å². The first-order valence-corrected chi connectivity index (χ1v) is 14.1. The number of hydrogen-bond donors (Lipinski definition) is 3. The molecule has 2 atom stereocenters. The molecule has 3 aromatic carbocycles. The Morgan fingerprint density at radius 2 is 1.64 bits per heavy atom. The lowest BCUT2D eigenvalue weighted by Crippen LogP contribution is -2.55. The Kier molecular flexibility index (Phi) is 8.47. The molecule has 3 N–H and O–H groups in total. The molecule has 1 fully saturated rings. The number of para-hydroxylation sites is 1. The van der Waals surface area contributed by atoms with Gasteiger partial charge in [0.05, 0.1) is 17.3 Å². The van der Waals surface area contributed by atoms with Crippen LogP contribution < -0.4 is 10.2 Å². The van der Waals surface area contributed by atoms with Crippen LogP contribution in [0.3, 0.4) is 0 Å². The molecule has 0 bridgehead atoms. The molecule has 1 aromatic heterocycles. The largest absolute Gasteiger partial charge is 0.380 e. The molecule has 2 heterocycles. The van der Waals surface area contributed by atoms with Crippen molar-refractivity contribution in [2.75, 3.05) is 31.1 Å². The summed E-state index contributed by atoms with van der Waals surface area (Å²) in [5.74, 6) is -1.44. The van der Waals surface area contributed by atoms with Gasteiger partial charge >= 0.3 is 0 Å². The first kappa shape index (κ1) is 27.1. The Labute approximate surface area is 236 Å². The van der Waals surface area contributed by atoms with E-state index in [2.05, 4.69) is 45.9 Å². The number of piperazine rings is 1. The summed E-state index contributed by atoms with van der Waals surface area (Å²) < 4.78 is 0. The zero-order chi connectivity index (χ0) is 27.4. The number of nitrogens with one attached hydrogen (secondary N) is 1. The first-order valence-electron chi connectivity index (χ1n) is 12.9. The second kappa shape index (κ2) is 12.2. The maximum atomic E-state index is 12.8. The number of carbonyl (C=O) groups excluding carboxylic acids is 2. The number of nitrogens with zero attached hydrogens (tertiary/aromatic N) is 2. The number of thiophene rings is 1. The highest BCUT2D eigenvalue weighted by molar-refractivity contribution is 7.10. The lowest BCUT2D eigenvalue weighted by atomic mass is 10.00. The lowest BCUT2D eigenvalue weighted by molar-refractivity contribution is -0.153. The van der Waals surface area contributed by atoms with E-state index in [0.29, 0.717) is 31.2 Å². The molecule has 2 amide bonds. The van der Waals surface area contributed by atoms with Crippen LogP contribution in [-0.4, -0.2) is 65.3 Å². The topological polar surface area (TPSA) is 93.1 Å². The van der Waals surface area contributed by atoms with E-state index in [9.17, 15) is 19.8 Å². The van der Waals surface area contributed by atoms with Crippen LogP contribution in [0.5, 0.6) is 0 Å². The Bertz CT molecular complexity index is 1460. The van der Waals surface area contributed by atoms with Crippen molar-refractivity contribution in [2.24, 2.45) is 0 Å². The highest BCUT2D eigenvalue weighted by atomic mass is 35.5. The summed E-state index contributed by atoms with van der Waals surface area (Å²) in [5.41, 5.74) is 3.25. The number of fused-ring (bicyclic) bond motifs is 1. The van der Waals surface area contributed by atoms with Crippen LogP contribution >= 0.6 is 22.9 Å². The van der Waals surface area contributed by atoms with E-state index in [1.165, 1.54) is 32.6 Å². The number of benzene rings is 3. The molecule has 202 valence electrons. The molecule has 0 aliphatic carbocycles. The quantitative estimate of drug-likeness (QED) is 0.303. The standard InChI is InChI=1S/C30H30ClN3O4S/c31-25-10-3-4-11-26(25)33-12-14-34(15-13-33)30(38)28(36)27(35)29(37)32-18-23-17-20(19-39-23)16-22-8-5-7-21-6-1-2-9-24(21)22/h1-11,17,19,27-28,35-36H,12-16,18H2,(H,32,37)/t27-,28-/m1/s1. The van der Waals surface area contributed by atoms with E-state index in [1.807, 2.05) is 42.5 Å². The molecule has 1 saturated heterocycles. The van der Waals surface area contributed by atoms with E-state index >= 15 is 0 Å². The molecule has 0 saturated carbocycles. The third kappa shape index (κ3) is 6.25. The summed E-state index contributed by atoms with van der Waals surface area (Å²) in [5, 5.41) is 28.6. The molecular formula is C30H30ClN3O4S. The Balaban J connectivity index is 1.11. The third-order valence-corrected chi connectivity index (χ3v) is 8.33. The molecule has 0 spiro atoms. The van der Waals surface area contributed by atoms with Crippen molar-refractivity contribution in [1.82, 2.24) is 10.2 Å². The fraction of sp³-hybridized carbons (Fsp3) is 0.267. The van der Waals surface area contributed by atoms with Crippen molar-refractivity contribution < 1.29 is 19.8 Å². The van der Waals surface area contributed by atoms with Gasteiger partial charge in [0, 0.05) is 31.1 Å². The molecule has 1 aliphatic rings. The fourth-order valence-corrected chi connectivity index (χ4v) is 5.98. The average Bonchev–Trinajstić information content (AvgIpc) is 3.42. The van der Waals surface area contributed by atoms with Gasteiger partial charge in [-0.2, -0.15) is 0 Å². The SMILES string of the molecule is O=C(NCc1cc(Cc2cccc3ccccc23)cs1)[C@H](O)[C@@H](O)C(=O)N1CCN(c2ccccc2Cl)CC1. The van der Waals surface area contributed by atoms with Crippen molar-refractivity contribution in [2.45, 2.75) is 25.2 Å². The minimum atomic E-state index is -1.85.